The predicted octanol–water partition coefficient (Wildman–Crippen LogP) is 4.45. The number of aryl methyl sites for hydroxylation is 1. The smallest absolute Gasteiger partial charge is 0.257 e. The second-order valence-electron chi connectivity index (χ2n) is 8.18. The van der Waals surface area contributed by atoms with E-state index in [9.17, 15) is 13.2 Å². The first kappa shape index (κ1) is 23.2. The Bertz CT molecular complexity index is 1270. The summed E-state index contributed by atoms with van der Waals surface area (Å²) in [6.07, 6.45) is 2.91. The fraction of sp³-hybridized carbons (Fsp3) is 0.250. The first-order valence-corrected chi connectivity index (χ1v) is 12.6. The molecule has 1 aliphatic heterocycles. The Labute approximate surface area is 198 Å². The number of benzene rings is 2. The number of hydrogen-bond acceptors (Lipinski definition) is 5. The number of primary sulfonamides is 1. The van der Waals surface area contributed by atoms with Gasteiger partial charge in [-0.05, 0) is 48.9 Å². The molecule has 0 saturated carbocycles. The Kier molecular flexibility index (Phi) is 6.69. The van der Waals surface area contributed by atoms with E-state index in [0.717, 1.165) is 18.4 Å². The third kappa shape index (κ3) is 5.19. The molecule has 3 aromatic rings. The number of anilines is 2. The van der Waals surface area contributed by atoms with Crippen LogP contribution < -0.4 is 10.5 Å². The van der Waals surface area contributed by atoms with Crippen molar-refractivity contribution in [1.29, 1.82) is 0 Å². The quantitative estimate of drug-likeness (QED) is 0.556. The lowest BCUT2D eigenvalue weighted by Gasteiger charge is -2.32. The molecular weight excluding hydrogens is 460 g/mol. The number of nitrogens with two attached hydrogens (primary N) is 1. The maximum absolute atomic E-state index is 13.4. The van der Waals surface area contributed by atoms with Gasteiger partial charge in [-0.2, -0.15) is 0 Å². The van der Waals surface area contributed by atoms with Crippen molar-refractivity contribution in [2.24, 2.45) is 5.14 Å². The number of likely N-dealkylation sites (tertiary alicyclic amines) is 1. The second kappa shape index (κ2) is 9.51. The van der Waals surface area contributed by atoms with Gasteiger partial charge in [0, 0.05) is 25.0 Å². The third-order valence-corrected chi connectivity index (χ3v) is 7.16. The molecule has 9 heteroatoms. The van der Waals surface area contributed by atoms with Crippen LogP contribution in [0.2, 0.25) is 5.02 Å². The molecule has 4 rings (SSSR count). The number of carbonyl (C=O) groups is 1. The number of amides is 1. The molecule has 7 nitrogen and oxygen atoms in total. The topological polar surface area (TPSA) is 105 Å². The van der Waals surface area contributed by atoms with Crippen LogP contribution in [0.4, 0.5) is 11.4 Å². The molecule has 1 saturated heterocycles. The van der Waals surface area contributed by atoms with Crippen LogP contribution in [0.15, 0.2) is 65.8 Å². The lowest BCUT2D eigenvalue weighted by Crippen LogP contribution is -2.38. The van der Waals surface area contributed by atoms with Gasteiger partial charge in [-0.25, -0.2) is 18.5 Å². The average Bonchev–Trinajstić information content (AvgIpc) is 2.80. The first-order chi connectivity index (χ1) is 15.7. The number of hydrogen-bond donors (Lipinski definition) is 2. The normalized spacial score (nSPS) is 14.8. The fourth-order valence-electron chi connectivity index (χ4n) is 4.13. The maximum Gasteiger partial charge on any atom is 0.257 e. The summed E-state index contributed by atoms with van der Waals surface area (Å²) in [5.41, 5.74) is 3.31. The van der Waals surface area contributed by atoms with Crippen molar-refractivity contribution in [3.05, 3.63) is 82.5 Å². The van der Waals surface area contributed by atoms with Crippen molar-refractivity contribution >= 4 is 38.9 Å². The molecule has 2 heterocycles. The molecule has 0 spiro atoms. The lowest BCUT2D eigenvalue weighted by molar-refractivity contribution is 0.0713. The van der Waals surface area contributed by atoms with E-state index in [1.54, 1.807) is 11.0 Å². The van der Waals surface area contributed by atoms with Crippen LogP contribution in [0, 0.1) is 6.92 Å². The van der Waals surface area contributed by atoms with E-state index in [2.05, 4.69) is 22.4 Å². The third-order valence-electron chi connectivity index (χ3n) is 5.83. The molecule has 1 aromatic heterocycles. The van der Waals surface area contributed by atoms with Gasteiger partial charge < -0.3 is 10.2 Å². The van der Waals surface area contributed by atoms with Crippen LogP contribution in [-0.2, 0) is 10.0 Å². The van der Waals surface area contributed by atoms with Gasteiger partial charge in [0.05, 0.1) is 11.3 Å². The summed E-state index contributed by atoms with van der Waals surface area (Å²) in [4.78, 5) is 19.1. The monoisotopic (exact) mass is 484 g/mol. The number of nitrogens with one attached hydrogen (secondary N) is 1. The molecule has 1 fully saturated rings. The molecule has 1 aliphatic rings. The minimum Gasteiger partial charge on any atom is -0.354 e. The molecular formula is C24H25ClN4O3S. The summed E-state index contributed by atoms with van der Waals surface area (Å²) in [6, 6.07) is 17.7. The minimum atomic E-state index is -4.17. The highest BCUT2D eigenvalue weighted by Crippen LogP contribution is 2.35. The van der Waals surface area contributed by atoms with E-state index < -0.39 is 15.0 Å². The van der Waals surface area contributed by atoms with Gasteiger partial charge in [-0.15, -0.1) is 0 Å². The zero-order valence-corrected chi connectivity index (χ0v) is 19.7. The highest BCUT2D eigenvalue weighted by Gasteiger charge is 2.29. The molecule has 0 aliphatic carbocycles. The van der Waals surface area contributed by atoms with Crippen LogP contribution in [0.1, 0.15) is 40.2 Å². The highest BCUT2D eigenvalue weighted by atomic mass is 35.5. The fourth-order valence-corrected chi connectivity index (χ4v) is 5.20. The van der Waals surface area contributed by atoms with E-state index in [1.807, 2.05) is 43.3 Å². The number of rotatable bonds is 5. The molecule has 0 unspecified atom stereocenters. The van der Waals surface area contributed by atoms with Crippen LogP contribution in [0.3, 0.4) is 0 Å². The number of pyridine rings is 1. The molecule has 0 radical (unpaired) electrons. The lowest BCUT2D eigenvalue weighted by atomic mass is 9.89. The SMILES string of the molecule is Cc1cccc(Nc2c(C(=O)N3CCC(c4ccccc4)CC3)cnc(S(N)(=O)=O)c2Cl)c1. The van der Waals surface area contributed by atoms with Crippen LogP contribution >= 0.6 is 11.6 Å². The summed E-state index contributed by atoms with van der Waals surface area (Å²) in [6.45, 7) is 3.09. The Morgan fingerprint density at radius 3 is 2.45 bits per heavy atom. The van der Waals surface area contributed by atoms with Gasteiger partial charge in [0.15, 0.2) is 5.03 Å². The van der Waals surface area contributed by atoms with Gasteiger partial charge in [-0.3, -0.25) is 4.79 Å². The average molecular weight is 485 g/mol. The van der Waals surface area contributed by atoms with Crippen molar-refractivity contribution in [2.45, 2.75) is 30.7 Å². The summed E-state index contributed by atoms with van der Waals surface area (Å²) in [7, 11) is -4.17. The van der Waals surface area contributed by atoms with Crippen LogP contribution in [0.25, 0.3) is 0 Å². The van der Waals surface area contributed by atoms with Gasteiger partial charge in [0.1, 0.15) is 5.02 Å². The number of nitrogens with zero attached hydrogens (tertiary/aromatic N) is 2. The Morgan fingerprint density at radius 1 is 1.12 bits per heavy atom. The second-order valence-corrected chi connectivity index (χ2v) is 10.0. The van der Waals surface area contributed by atoms with Crippen molar-refractivity contribution in [3.63, 3.8) is 0 Å². The van der Waals surface area contributed by atoms with E-state index in [0.29, 0.717) is 24.7 Å². The number of sulfonamides is 1. The van der Waals surface area contributed by atoms with E-state index in [1.165, 1.54) is 11.8 Å². The van der Waals surface area contributed by atoms with Gasteiger partial charge >= 0.3 is 0 Å². The largest absolute Gasteiger partial charge is 0.354 e. The van der Waals surface area contributed by atoms with Gasteiger partial charge in [0.25, 0.3) is 15.9 Å². The summed E-state index contributed by atoms with van der Waals surface area (Å²) >= 11 is 6.42. The number of aromatic nitrogens is 1. The molecule has 0 bridgehead atoms. The predicted molar refractivity (Wildman–Crippen MR) is 129 cm³/mol. The van der Waals surface area contributed by atoms with Gasteiger partial charge in [-0.1, -0.05) is 54.1 Å². The number of halogens is 1. The van der Waals surface area contributed by atoms with Crippen LogP contribution in [-0.4, -0.2) is 37.3 Å². The first-order valence-electron chi connectivity index (χ1n) is 10.6. The molecule has 0 atom stereocenters. The van der Waals surface area contributed by atoms with Crippen molar-refractivity contribution in [3.8, 4) is 0 Å². The summed E-state index contributed by atoms with van der Waals surface area (Å²) < 4.78 is 23.9. The van der Waals surface area contributed by atoms with E-state index >= 15 is 0 Å². The van der Waals surface area contributed by atoms with Crippen molar-refractivity contribution in [1.82, 2.24) is 9.88 Å². The molecule has 172 valence electrons. The molecule has 33 heavy (non-hydrogen) atoms. The summed E-state index contributed by atoms with van der Waals surface area (Å²) in [5.74, 6) is 0.138. The zero-order valence-electron chi connectivity index (χ0n) is 18.2. The summed E-state index contributed by atoms with van der Waals surface area (Å²) in [5, 5.41) is 7.72. The van der Waals surface area contributed by atoms with Crippen LogP contribution in [0.5, 0.6) is 0 Å². The van der Waals surface area contributed by atoms with Crippen molar-refractivity contribution in [2.75, 3.05) is 18.4 Å². The molecule has 1 amide bonds. The standard InChI is InChI=1S/C24H25ClN4O3S/c1-16-6-5-9-19(14-16)28-22-20(15-27-23(21(22)25)33(26,31)32)24(30)29-12-10-18(11-13-29)17-7-3-2-4-8-17/h2-9,14-15,18H,10-13H2,1H3,(H,27,28)(H2,26,31,32). The maximum atomic E-state index is 13.4. The zero-order chi connectivity index (χ0) is 23.6. The molecule has 2 aromatic carbocycles. The van der Waals surface area contributed by atoms with Gasteiger partial charge in [0.2, 0.25) is 0 Å². The van der Waals surface area contributed by atoms with E-state index in [-0.39, 0.29) is 22.2 Å². The number of carbonyl (C=O) groups excluding carboxylic acids is 1. The highest BCUT2D eigenvalue weighted by molar-refractivity contribution is 7.89. The van der Waals surface area contributed by atoms with Crippen molar-refractivity contribution < 1.29 is 13.2 Å². The minimum absolute atomic E-state index is 0.177. The molecule has 3 N–H and O–H groups in total. The number of piperidine rings is 1. The van der Waals surface area contributed by atoms with E-state index in [4.69, 9.17) is 16.7 Å². The Hall–Kier alpha value is -2.94. The Balaban J connectivity index is 1.63. The Morgan fingerprint density at radius 2 is 1.82 bits per heavy atom.